The second-order valence-corrected chi connectivity index (χ2v) is 9.74. The number of nitrogens with one attached hydrogen (secondary N) is 1. The molecule has 0 unspecified atom stereocenters. The van der Waals surface area contributed by atoms with Crippen LogP contribution in [0.3, 0.4) is 0 Å². The second kappa shape index (κ2) is 10.1. The molecule has 8 nitrogen and oxygen atoms in total. The van der Waals surface area contributed by atoms with Crippen LogP contribution in [0.4, 0.5) is 0 Å². The van der Waals surface area contributed by atoms with Gasteiger partial charge in [0.25, 0.3) is 5.91 Å². The second-order valence-electron chi connectivity index (χ2n) is 8.26. The van der Waals surface area contributed by atoms with Crippen molar-refractivity contribution in [3.05, 3.63) is 70.3 Å². The molecule has 2 aromatic rings. The van der Waals surface area contributed by atoms with E-state index in [1.165, 1.54) is 16.8 Å². The van der Waals surface area contributed by atoms with Gasteiger partial charge in [0.2, 0.25) is 11.1 Å². The molecule has 2 amide bonds. The van der Waals surface area contributed by atoms with Gasteiger partial charge in [0.1, 0.15) is 17.4 Å². The number of amidine groups is 2. The van der Waals surface area contributed by atoms with Gasteiger partial charge in [0.05, 0.1) is 12.0 Å². The minimum atomic E-state index is -0.501. The lowest BCUT2D eigenvalue weighted by molar-refractivity contribution is -0.128. The Labute approximate surface area is 211 Å². The molecule has 0 bridgehead atoms. The Bertz CT molecular complexity index is 1270. The van der Waals surface area contributed by atoms with Gasteiger partial charge >= 0.3 is 0 Å². The molecule has 35 heavy (non-hydrogen) atoms. The summed E-state index contributed by atoms with van der Waals surface area (Å²) < 4.78 is 5.80. The molecule has 5 rings (SSSR count). The van der Waals surface area contributed by atoms with Crippen LogP contribution >= 0.6 is 23.4 Å². The van der Waals surface area contributed by atoms with E-state index in [0.29, 0.717) is 27.6 Å². The topological polar surface area (TPSA) is 98.4 Å². The van der Waals surface area contributed by atoms with Crippen LogP contribution in [0.1, 0.15) is 30.4 Å². The fourth-order valence-corrected chi connectivity index (χ4v) is 4.89. The summed E-state index contributed by atoms with van der Waals surface area (Å²) in [5.41, 5.74) is 1.87. The number of hydrogen-bond acceptors (Lipinski definition) is 6. The van der Waals surface area contributed by atoms with Crippen molar-refractivity contribution in [1.29, 1.82) is 5.41 Å². The predicted molar refractivity (Wildman–Crippen MR) is 138 cm³/mol. The lowest BCUT2D eigenvalue weighted by Gasteiger charge is -2.20. The van der Waals surface area contributed by atoms with E-state index in [2.05, 4.69) is 10.1 Å². The van der Waals surface area contributed by atoms with E-state index in [0.717, 1.165) is 37.1 Å². The van der Waals surface area contributed by atoms with Gasteiger partial charge in [0.15, 0.2) is 5.84 Å². The average Bonchev–Trinajstić information content (AvgIpc) is 3.53. The normalized spacial score (nSPS) is 18.6. The zero-order valence-corrected chi connectivity index (χ0v) is 20.3. The summed E-state index contributed by atoms with van der Waals surface area (Å²) in [6.07, 6.45) is 3.81. The average molecular weight is 508 g/mol. The summed E-state index contributed by atoms with van der Waals surface area (Å²) in [7, 11) is 0. The third kappa shape index (κ3) is 5.31. The first-order valence-electron chi connectivity index (χ1n) is 11.2. The molecule has 0 atom stereocenters. The maximum Gasteiger partial charge on any atom is 0.283 e. The zero-order valence-electron chi connectivity index (χ0n) is 18.7. The smallest absolute Gasteiger partial charge is 0.283 e. The maximum atomic E-state index is 12.6. The molecule has 1 N–H and O–H groups in total. The van der Waals surface area contributed by atoms with Gasteiger partial charge in [-0.25, -0.2) is 0 Å². The summed E-state index contributed by atoms with van der Waals surface area (Å²) >= 11 is 7.08. The predicted octanol–water partition coefficient (Wildman–Crippen LogP) is 4.55. The lowest BCUT2D eigenvalue weighted by atomic mass is 10.1. The number of halogens is 1. The number of thioether (sulfide) groups is 1. The van der Waals surface area contributed by atoms with E-state index < -0.39 is 5.91 Å². The molecule has 10 heteroatoms. The Morgan fingerprint density at radius 1 is 1.11 bits per heavy atom. The SMILES string of the molecule is N=C1C(=Cc2ccc(OCc3ccc(Cl)cc3)cc2)C(=O)N=C2SC(CC(=O)N3CCCC3)=NN12. The number of ether oxygens (including phenoxy) is 1. The number of nitrogens with zero attached hydrogens (tertiary/aromatic N) is 4. The quantitative estimate of drug-likeness (QED) is 0.578. The number of carbonyl (C=O) groups excluding carboxylic acids is 2. The third-order valence-electron chi connectivity index (χ3n) is 5.77. The van der Waals surface area contributed by atoms with E-state index in [1.54, 1.807) is 18.2 Å². The van der Waals surface area contributed by atoms with Crippen molar-refractivity contribution in [2.24, 2.45) is 10.1 Å². The molecule has 0 aromatic heterocycles. The van der Waals surface area contributed by atoms with Crippen molar-refractivity contribution in [2.45, 2.75) is 25.9 Å². The Kier molecular flexibility index (Phi) is 6.70. The fraction of sp³-hybridized carbons (Fsp3) is 0.240. The highest BCUT2D eigenvalue weighted by molar-refractivity contribution is 8.27. The Hall–Kier alpha value is -3.43. The zero-order chi connectivity index (χ0) is 24.4. The van der Waals surface area contributed by atoms with E-state index in [1.807, 2.05) is 41.3 Å². The molecule has 1 saturated heterocycles. The van der Waals surface area contributed by atoms with Crippen LogP contribution < -0.4 is 4.74 Å². The van der Waals surface area contributed by atoms with Gasteiger partial charge in [-0.1, -0.05) is 35.9 Å². The number of carbonyl (C=O) groups is 2. The molecule has 0 spiro atoms. The van der Waals surface area contributed by atoms with E-state index >= 15 is 0 Å². The lowest BCUT2D eigenvalue weighted by Crippen LogP contribution is -2.35. The molecule has 178 valence electrons. The van der Waals surface area contributed by atoms with E-state index in [4.69, 9.17) is 21.7 Å². The first kappa shape index (κ1) is 23.3. The number of amides is 2. The molecular formula is C25H22ClN5O3S. The highest BCUT2D eigenvalue weighted by atomic mass is 35.5. The fourth-order valence-electron chi connectivity index (χ4n) is 3.89. The number of fused-ring (bicyclic) bond motifs is 1. The summed E-state index contributed by atoms with van der Waals surface area (Å²) in [6, 6.07) is 14.7. The molecule has 3 aliphatic heterocycles. The largest absolute Gasteiger partial charge is 0.489 e. The van der Waals surface area contributed by atoms with Gasteiger partial charge in [-0.15, -0.1) is 0 Å². The van der Waals surface area contributed by atoms with Gasteiger partial charge in [-0.05, 0) is 66.1 Å². The van der Waals surface area contributed by atoms with Crippen molar-refractivity contribution in [3.63, 3.8) is 0 Å². The first-order chi connectivity index (χ1) is 17.0. The Morgan fingerprint density at radius 3 is 2.54 bits per heavy atom. The van der Waals surface area contributed by atoms with Gasteiger partial charge in [0, 0.05) is 18.1 Å². The number of hydrogen-bond donors (Lipinski definition) is 1. The van der Waals surface area contributed by atoms with Crippen LogP contribution in [-0.4, -0.2) is 50.9 Å². The number of aliphatic imine (C=N–C) groups is 1. The molecule has 0 saturated carbocycles. The van der Waals surface area contributed by atoms with Crippen molar-refractivity contribution >= 4 is 57.3 Å². The van der Waals surface area contributed by atoms with Crippen LogP contribution in [0, 0.1) is 5.41 Å². The summed E-state index contributed by atoms with van der Waals surface area (Å²) in [5.74, 6) is 0.139. The Balaban J connectivity index is 1.25. The molecular weight excluding hydrogens is 486 g/mol. The van der Waals surface area contributed by atoms with Crippen LogP contribution in [0.15, 0.2) is 64.2 Å². The van der Waals surface area contributed by atoms with Crippen molar-refractivity contribution < 1.29 is 14.3 Å². The number of hydrazone groups is 1. The molecule has 1 fully saturated rings. The Morgan fingerprint density at radius 2 is 1.83 bits per heavy atom. The first-order valence-corrected chi connectivity index (χ1v) is 12.4. The molecule has 3 heterocycles. The number of likely N-dealkylation sites (tertiary alicyclic amines) is 1. The number of benzene rings is 2. The number of rotatable bonds is 6. The minimum absolute atomic E-state index is 0.0150. The summed E-state index contributed by atoms with van der Waals surface area (Å²) in [6.45, 7) is 1.95. The molecule has 3 aliphatic rings. The molecule has 0 radical (unpaired) electrons. The van der Waals surface area contributed by atoms with E-state index in [-0.39, 0.29) is 23.7 Å². The van der Waals surface area contributed by atoms with Gasteiger partial charge in [-0.3, -0.25) is 15.0 Å². The maximum absolute atomic E-state index is 12.6. The minimum Gasteiger partial charge on any atom is -0.489 e. The van der Waals surface area contributed by atoms with Crippen LogP contribution in [0.2, 0.25) is 5.02 Å². The van der Waals surface area contributed by atoms with Crippen molar-refractivity contribution in [1.82, 2.24) is 9.91 Å². The highest BCUT2D eigenvalue weighted by Crippen LogP contribution is 2.30. The van der Waals surface area contributed by atoms with Crippen molar-refractivity contribution in [3.8, 4) is 5.75 Å². The van der Waals surface area contributed by atoms with Crippen LogP contribution in [0.5, 0.6) is 5.75 Å². The standard InChI is InChI=1S/C25H22ClN5O3S/c26-18-7-3-17(4-8-18)15-34-19-9-5-16(6-10-19)13-20-23(27)31-25(28-24(20)33)35-21(29-31)14-22(32)30-11-1-2-12-30/h3-10,13,27H,1-2,11-12,14-15H2. The summed E-state index contributed by atoms with van der Waals surface area (Å²) in [5, 5.41) is 15.8. The van der Waals surface area contributed by atoms with Crippen LogP contribution in [-0.2, 0) is 16.2 Å². The summed E-state index contributed by atoms with van der Waals surface area (Å²) in [4.78, 5) is 31.0. The monoisotopic (exact) mass is 507 g/mol. The van der Waals surface area contributed by atoms with Gasteiger partial charge < -0.3 is 9.64 Å². The van der Waals surface area contributed by atoms with Crippen molar-refractivity contribution in [2.75, 3.05) is 13.1 Å². The van der Waals surface area contributed by atoms with Crippen LogP contribution in [0.25, 0.3) is 6.08 Å². The third-order valence-corrected chi connectivity index (χ3v) is 6.93. The molecule has 2 aromatic carbocycles. The van der Waals surface area contributed by atoms with Gasteiger partial charge in [-0.2, -0.15) is 15.1 Å². The van der Waals surface area contributed by atoms with E-state index in [9.17, 15) is 9.59 Å². The highest BCUT2D eigenvalue weighted by Gasteiger charge is 2.36. The molecule has 0 aliphatic carbocycles.